The fraction of sp³-hybridized carbons (Fsp3) is 0.263. The first-order valence-corrected chi connectivity index (χ1v) is 8.66. The zero-order valence-corrected chi connectivity index (χ0v) is 14.3. The first-order chi connectivity index (χ1) is 12.8. The van der Waals surface area contributed by atoms with Crippen molar-refractivity contribution in [3.63, 3.8) is 0 Å². The van der Waals surface area contributed by atoms with Crippen molar-refractivity contribution in [1.29, 1.82) is 0 Å². The van der Waals surface area contributed by atoms with E-state index in [1.54, 1.807) is 24.7 Å². The van der Waals surface area contributed by atoms with Gasteiger partial charge in [0.25, 0.3) is 5.91 Å². The lowest BCUT2D eigenvalue weighted by atomic mass is 10.2. The van der Waals surface area contributed by atoms with Crippen LogP contribution in [0.1, 0.15) is 22.3 Å². The van der Waals surface area contributed by atoms with Crippen LogP contribution in [0.25, 0.3) is 5.82 Å². The van der Waals surface area contributed by atoms with Gasteiger partial charge in [-0.1, -0.05) is 30.3 Å². The zero-order valence-electron chi connectivity index (χ0n) is 14.3. The number of aromatic nitrogens is 4. The summed E-state index contributed by atoms with van der Waals surface area (Å²) in [4.78, 5) is 23.1. The van der Waals surface area contributed by atoms with Gasteiger partial charge in [-0.05, 0) is 24.1 Å². The predicted molar refractivity (Wildman–Crippen MR) is 96.7 cm³/mol. The third kappa shape index (κ3) is 3.78. The summed E-state index contributed by atoms with van der Waals surface area (Å²) in [6.45, 7) is 2.76. The van der Waals surface area contributed by atoms with E-state index in [0.29, 0.717) is 11.4 Å². The molecule has 1 fully saturated rings. The zero-order chi connectivity index (χ0) is 17.8. The molecular weight excluding hydrogens is 328 g/mol. The van der Waals surface area contributed by atoms with Crippen molar-refractivity contribution in [2.45, 2.75) is 19.0 Å². The summed E-state index contributed by atoms with van der Waals surface area (Å²) >= 11 is 0. The Balaban J connectivity index is 1.36. The molecule has 26 heavy (non-hydrogen) atoms. The van der Waals surface area contributed by atoms with Crippen LogP contribution >= 0.6 is 0 Å². The van der Waals surface area contributed by atoms with Crippen molar-refractivity contribution in [3.05, 3.63) is 72.4 Å². The highest BCUT2D eigenvalue weighted by Gasteiger charge is 2.24. The third-order valence-electron chi connectivity index (χ3n) is 4.52. The molecule has 3 aromatic rings. The molecule has 3 heterocycles. The largest absolute Gasteiger partial charge is 0.348 e. The van der Waals surface area contributed by atoms with Crippen LogP contribution in [0.5, 0.6) is 0 Å². The molecule has 0 radical (unpaired) electrons. The molecule has 7 heteroatoms. The number of rotatable bonds is 5. The minimum absolute atomic E-state index is 0.0830. The van der Waals surface area contributed by atoms with Crippen molar-refractivity contribution >= 4 is 5.91 Å². The van der Waals surface area contributed by atoms with E-state index in [1.807, 2.05) is 6.07 Å². The van der Waals surface area contributed by atoms with Crippen LogP contribution in [-0.2, 0) is 6.54 Å². The number of hydrogen-bond donors (Lipinski definition) is 1. The molecule has 0 spiro atoms. The summed E-state index contributed by atoms with van der Waals surface area (Å²) in [5.41, 5.74) is 1.87. The lowest BCUT2D eigenvalue weighted by Crippen LogP contribution is -2.37. The van der Waals surface area contributed by atoms with Crippen molar-refractivity contribution in [2.24, 2.45) is 0 Å². The normalized spacial score (nSPS) is 17.3. The molecule has 7 nitrogen and oxygen atoms in total. The molecule has 132 valence electrons. The molecule has 0 saturated carbocycles. The fourth-order valence-corrected chi connectivity index (χ4v) is 3.22. The molecule has 0 bridgehead atoms. The molecule has 1 N–H and O–H groups in total. The van der Waals surface area contributed by atoms with E-state index < -0.39 is 0 Å². The molecule has 2 aromatic heterocycles. The average Bonchev–Trinajstić information content (AvgIpc) is 3.35. The van der Waals surface area contributed by atoms with E-state index >= 15 is 0 Å². The maximum absolute atomic E-state index is 12.6. The van der Waals surface area contributed by atoms with Crippen molar-refractivity contribution in [2.75, 3.05) is 13.1 Å². The van der Waals surface area contributed by atoms with E-state index in [-0.39, 0.29) is 11.9 Å². The number of amides is 1. The van der Waals surface area contributed by atoms with Crippen LogP contribution in [0, 0.1) is 0 Å². The number of nitrogens with one attached hydrogen (secondary N) is 1. The molecule has 0 aliphatic carbocycles. The lowest BCUT2D eigenvalue weighted by molar-refractivity contribution is 0.0937. The van der Waals surface area contributed by atoms with Crippen LogP contribution in [0.4, 0.5) is 0 Å². The first-order valence-electron chi connectivity index (χ1n) is 8.66. The smallest absolute Gasteiger partial charge is 0.251 e. The molecule has 1 aromatic carbocycles. The second kappa shape index (κ2) is 7.45. The highest BCUT2D eigenvalue weighted by Crippen LogP contribution is 2.14. The number of hydrogen-bond acceptors (Lipinski definition) is 5. The molecule has 1 aliphatic heterocycles. The molecule has 1 saturated heterocycles. The first kappa shape index (κ1) is 16.4. The minimum Gasteiger partial charge on any atom is -0.348 e. The molecule has 1 unspecified atom stereocenters. The Morgan fingerprint density at radius 2 is 2.12 bits per heavy atom. The Bertz CT molecular complexity index is 865. The van der Waals surface area contributed by atoms with Crippen LogP contribution in [0.3, 0.4) is 0 Å². The van der Waals surface area contributed by atoms with Gasteiger partial charge in [0.1, 0.15) is 12.7 Å². The number of carbonyl (C=O) groups is 1. The Hall–Kier alpha value is -3.06. The van der Waals surface area contributed by atoms with Gasteiger partial charge in [-0.15, -0.1) is 0 Å². The third-order valence-corrected chi connectivity index (χ3v) is 4.52. The molecule has 4 rings (SSSR count). The Morgan fingerprint density at radius 1 is 1.23 bits per heavy atom. The topological polar surface area (TPSA) is 75.9 Å². The van der Waals surface area contributed by atoms with E-state index in [2.05, 4.69) is 49.5 Å². The molecule has 1 aliphatic rings. The van der Waals surface area contributed by atoms with Gasteiger partial charge in [-0.2, -0.15) is 5.10 Å². The van der Waals surface area contributed by atoms with Gasteiger partial charge >= 0.3 is 0 Å². The van der Waals surface area contributed by atoms with E-state index in [1.165, 1.54) is 16.6 Å². The Morgan fingerprint density at radius 3 is 2.92 bits per heavy atom. The van der Waals surface area contributed by atoms with E-state index in [0.717, 1.165) is 26.1 Å². The average molecular weight is 348 g/mol. The Labute approximate surface area is 151 Å². The maximum atomic E-state index is 12.6. The number of pyridine rings is 1. The van der Waals surface area contributed by atoms with Crippen molar-refractivity contribution in [1.82, 2.24) is 30.0 Å². The van der Waals surface area contributed by atoms with Crippen LogP contribution in [-0.4, -0.2) is 49.7 Å². The van der Waals surface area contributed by atoms with E-state index in [9.17, 15) is 4.79 Å². The summed E-state index contributed by atoms with van der Waals surface area (Å²) in [5, 5.41) is 7.17. The molecule has 1 amide bonds. The molecular formula is C19H20N6O. The number of nitrogens with zero attached hydrogens (tertiary/aromatic N) is 5. The van der Waals surface area contributed by atoms with Crippen LogP contribution in [0.15, 0.2) is 61.3 Å². The van der Waals surface area contributed by atoms with Gasteiger partial charge in [0.2, 0.25) is 0 Å². The summed E-state index contributed by atoms with van der Waals surface area (Å²) in [5.74, 6) is 0.493. The van der Waals surface area contributed by atoms with Gasteiger partial charge in [-0.3, -0.25) is 9.69 Å². The minimum atomic E-state index is -0.0830. The fourth-order valence-electron chi connectivity index (χ4n) is 3.22. The highest BCUT2D eigenvalue weighted by molar-refractivity contribution is 5.94. The van der Waals surface area contributed by atoms with E-state index in [4.69, 9.17) is 0 Å². The van der Waals surface area contributed by atoms with Gasteiger partial charge in [0, 0.05) is 37.4 Å². The highest BCUT2D eigenvalue weighted by atomic mass is 16.1. The van der Waals surface area contributed by atoms with Crippen molar-refractivity contribution < 1.29 is 4.79 Å². The van der Waals surface area contributed by atoms with Crippen LogP contribution in [0.2, 0.25) is 0 Å². The van der Waals surface area contributed by atoms with Gasteiger partial charge in [-0.25, -0.2) is 14.6 Å². The summed E-state index contributed by atoms with van der Waals surface area (Å²) < 4.78 is 1.54. The van der Waals surface area contributed by atoms with Crippen LogP contribution < -0.4 is 5.32 Å². The summed E-state index contributed by atoms with van der Waals surface area (Å²) in [6, 6.07) is 14.0. The quantitative estimate of drug-likeness (QED) is 0.759. The standard InChI is InChI=1S/C19H20N6O/c26-19(16-6-8-21-18(10-16)25-14-20-13-22-25)23-17-7-9-24(12-17)11-15-4-2-1-3-5-15/h1-6,8,10,13-14,17H,7,9,11-12H2,(H,23,26). The summed E-state index contributed by atoms with van der Waals surface area (Å²) in [6.07, 6.45) is 5.57. The monoisotopic (exact) mass is 348 g/mol. The summed E-state index contributed by atoms with van der Waals surface area (Å²) in [7, 11) is 0. The van der Waals surface area contributed by atoms with Gasteiger partial charge < -0.3 is 5.32 Å². The van der Waals surface area contributed by atoms with Gasteiger partial charge in [0.15, 0.2) is 5.82 Å². The lowest BCUT2D eigenvalue weighted by Gasteiger charge is -2.17. The SMILES string of the molecule is O=C(NC1CCN(Cc2ccccc2)C1)c1ccnc(-n2cncn2)c1. The number of carbonyl (C=O) groups excluding carboxylic acids is 1. The molecule has 1 atom stereocenters. The van der Waals surface area contributed by atoms with Gasteiger partial charge in [0.05, 0.1) is 0 Å². The van der Waals surface area contributed by atoms with Crippen molar-refractivity contribution in [3.8, 4) is 5.82 Å². The number of likely N-dealkylation sites (tertiary alicyclic amines) is 1. The number of benzene rings is 1. The maximum Gasteiger partial charge on any atom is 0.251 e. The second-order valence-corrected chi connectivity index (χ2v) is 6.42. The Kier molecular flexibility index (Phi) is 4.70. The second-order valence-electron chi connectivity index (χ2n) is 6.42. The predicted octanol–water partition coefficient (Wildman–Crippen LogP) is 1.67.